The van der Waals surface area contributed by atoms with E-state index in [4.69, 9.17) is 9.47 Å². The number of ether oxygens (including phenoxy) is 2. The predicted molar refractivity (Wildman–Crippen MR) is 65.2 cm³/mol. The van der Waals surface area contributed by atoms with E-state index in [1.54, 1.807) is 14.0 Å². The van der Waals surface area contributed by atoms with Crippen LogP contribution in [0.1, 0.15) is 12.6 Å². The Morgan fingerprint density at radius 1 is 1.41 bits per heavy atom. The Balaban J connectivity index is 2.28. The molecule has 0 saturated carbocycles. The van der Waals surface area contributed by atoms with Crippen molar-refractivity contribution in [3.8, 4) is 5.75 Å². The van der Waals surface area contributed by atoms with Crippen LogP contribution in [0.3, 0.4) is 0 Å². The molecule has 0 saturated heterocycles. The molecular formula is C13H15NO3. The van der Waals surface area contributed by atoms with Gasteiger partial charge >= 0.3 is 5.97 Å². The van der Waals surface area contributed by atoms with Crippen molar-refractivity contribution >= 4 is 16.9 Å². The van der Waals surface area contributed by atoms with E-state index in [-0.39, 0.29) is 12.4 Å². The summed E-state index contributed by atoms with van der Waals surface area (Å²) in [7, 11) is 1.63. The van der Waals surface area contributed by atoms with Crippen LogP contribution >= 0.6 is 0 Å². The minimum Gasteiger partial charge on any atom is -0.496 e. The Kier molecular flexibility index (Phi) is 3.32. The number of nitrogens with one attached hydrogen (secondary N) is 1. The standard InChI is InChI=1S/C13H15NO3/c1-3-17-13(15)8-9-7-10-11(14-9)5-4-6-12(10)16-2/h4-7,14H,3,8H2,1-2H3. The smallest absolute Gasteiger partial charge is 0.311 e. The maximum absolute atomic E-state index is 11.4. The SMILES string of the molecule is CCOC(=O)Cc1cc2c(OC)cccc2[nH]1. The first-order valence-corrected chi connectivity index (χ1v) is 5.54. The van der Waals surface area contributed by atoms with E-state index in [1.165, 1.54) is 0 Å². The highest BCUT2D eigenvalue weighted by Gasteiger charge is 2.09. The molecule has 0 aliphatic heterocycles. The second-order valence-electron chi connectivity index (χ2n) is 3.70. The summed E-state index contributed by atoms with van der Waals surface area (Å²) in [5.41, 5.74) is 1.80. The zero-order valence-electron chi connectivity index (χ0n) is 9.95. The van der Waals surface area contributed by atoms with Gasteiger partial charge in [0.25, 0.3) is 0 Å². The van der Waals surface area contributed by atoms with Crippen LogP contribution in [0.5, 0.6) is 5.75 Å². The number of carbonyl (C=O) groups is 1. The highest BCUT2D eigenvalue weighted by molar-refractivity contribution is 5.87. The van der Waals surface area contributed by atoms with E-state index in [0.29, 0.717) is 6.61 Å². The lowest BCUT2D eigenvalue weighted by Crippen LogP contribution is -2.07. The third-order valence-electron chi connectivity index (χ3n) is 2.54. The number of benzene rings is 1. The second kappa shape index (κ2) is 4.91. The van der Waals surface area contributed by atoms with Crippen molar-refractivity contribution in [2.75, 3.05) is 13.7 Å². The Morgan fingerprint density at radius 2 is 2.24 bits per heavy atom. The van der Waals surface area contributed by atoms with Gasteiger partial charge in [0.05, 0.1) is 20.1 Å². The zero-order valence-corrected chi connectivity index (χ0v) is 9.95. The monoisotopic (exact) mass is 233 g/mol. The largest absolute Gasteiger partial charge is 0.496 e. The van der Waals surface area contributed by atoms with Crippen LogP contribution in [0.4, 0.5) is 0 Å². The molecule has 2 rings (SSSR count). The summed E-state index contributed by atoms with van der Waals surface area (Å²) in [6.45, 7) is 2.20. The normalized spacial score (nSPS) is 10.5. The quantitative estimate of drug-likeness (QED) is 0.824. The summed E-state index contributed by atoms with van der Waals surface area (Å²) >= 11 is 0. The molecule has 0 aliphatic rings. The summed E-state index contributed by atoms with van der Waals surface area (Å²) in [6, 6.07) is 7.67. The molecular weight excluding hydrogens is 218 g/mol. The first-order chi connectivity index (χ1) is 8.24. The van der Waals surface area contributed by atoms with Gasteiger partial charge < -0.3 is 14.5 Å². The Hall–Kier alpha value is -1.97. The summed E-state index contributed by atoms with van der Waals surface area (Å²) < 4.78 is 10.2. The molecule has 0 atom stereocenters. The number of esters is 1. The zero-order chi connectivity index (χ0) is 12.3. The second-order valence-corrected chi connectivity index (χ2v) is 3.70. The van der Waals surface area contributed by atoms with Gasteiger partial charge in [-0.3, -0.25) is 4.79 Å². The first kappa shape index (κ1) is 11.5. The Labute approximate surface area is 99.5 Å². The Morgan fingerprint density at radius 3 is 2.94 bits per heavy atom. The molecule has 4 heteroatoms. The number of hydrogen-bond acceptors (Lipinski definition) is 3. The number of hydrogen-bond donors (Lipinski definition) is 1. The molecule has 0 spiro atoms. The molecule has 90 valence electrons. The number of rotatable bonds is 4. The minimum atomic E-state index is -0.224. The van der Waals surface area contributed by atoms with E-state index in [1.807, 2.05) is 24.3 Å². The van der Waals surface area contributed by atoms with Crippen molar-refractivity contribution in [1.29, 1.82) is 0 Å². The number of fused-ring (bicyclic) bond motifs is 1. The summed E-state index contributed by atoms with van der Waals surface area (Å²) in [6.07, 6.45) is 0.256. The molecule has 0 amide bonds. The highest BCUT2D eigenvalue weighted by atomic mass is 16.5. The van der Waals surface area contributed by atoms with Crippen molar-refractivity contribution < 1.29 is 14.3 Å². The lowest BCUT2D eigenvalue weighted by molar-refractivity contribution is -0.142. The van der Waals surface area contributed by atoms with E-state index in [0.717, 1.165) is 22.3 Å². The van der Waals surface area contributed by atoms with Crippen molar-refractivity contribution in [2.24, 2.45) is 0 Å². The Bertz CT molecular complexity index is 530. The maximum atomic E-state index is 11.4. The predicted octanol–water partition coefficient (Wildman–Crippen LogP) is 2.28. The van der Waals surface area contributed by atoms with E-state index >= 15 is 0 Å². The number of aromatic amines is 1. The van der Waals surface area contributed by atoms with Gasteiger partial charge in [-0.25, -0.2) is 0 Å². The summed E-state index contributed by atoms with van der Waals surface area (Å²) in [4.78, 5) is 14.5. The molecule has 0 bridgehead atoms. The number of aromatic nitrogens is 1. The van der Waals surface area contributed by atoms with Crippen LogP contribution in [0.25, 0.3) is 10.9 Å². The maximum Gasteiger partial charge on any atom is 0.311 e. The van der Waals surface area contributed by atoms with Gasteiger partial charge in [-0.1, -0.05) is 6.07 Å². The van der Waals surface area contributed by atoms with Crippen LogP contribution in [0.2, 0.25) is 0 Å². The number of methoxy groups -OCH3 is 1. The van der Waals surface area contributed by atoms with Gasteiger partial charge in [0, 0.05) is 16.6 Å². The fourth-order valence-corrected chi connectivity index (χ4v) is 1.83. The molecule has 2 aromatic rings. The van der Waals surface area contributed by atoms with Gasteiger partial charge in [0.2, 0.25) is 0 Å². The first-order valence-electron chi connectivity index (χ1n) is 5.54. The molecule has 4 nitrogen and oxygen atoms in total. The molecule has 0 fully saturated rings. The molecule has 0 aliphatic carbocycles. The average Bonchev–Trinajstić information content (AvgIpc) is 2.70. The molecule has 0 radical (unpaired) electrons. The lowest BCUT2D eigenvalue weighted by atomic mass is 10.2. The fourth-order valence-electron chi connectivity index (χ4n) is 1.83. The van der Waals surface area contributed by atoms with Crippen LogP contribution in [-0.2, 0) is 16.0 Å². The van der Waals surface area contributed by atoms with Crippen LogP contribution in [0.15, 0.2) is 24.3 Å². The fraction of sp³-hybridized carbons (Fsp3) is 0.308. The number of carbonyl (C=O) groups excluding carboxylic acids is 1. The van der Waals surface area contributed by atoms with Gasteiger partial charge in [0.15, 0.2) is 0 Å². The minimum absolute atomic E-state index is 0.224. The van der Waals surface area contributed by atoms with Crippen LogP contribution in [-0.4, -0.2) is 24.7 Å². The molecule has 17 heavy (non-hydrogen) atoms. The molecule has 0 unspecified atom stereocenters. The molecule has 1 aromatic carbocycles. The van der Waals surface area contributed by atoms with Gasteiger partial charge in [-0.15, -0.1) is 0 Å². The molecule has 1 N–H and O–H groups in total. The highest BCUT2D eigenvalue weighted by Crippen LogP contribution is 2.26. The third-order valence-corrected chi connectivity index (χ3v) is 2.54. The topological polar surface area (TPSA) is 51.3 Å². The van der Waals surface area contributed by atoms with Gasteiger partial charge in [0.1, 0.15) is 5.75 Å². The van der Waals surface area contributed by atoms with Crippen molar-refractivity contribution in [2.45, 2.75) is 13.3 Å². The summed E-state index contributed by atoms with van der Waals surface area (Å²) in [5.74, 6) is 0.576. The summed E-state index contributed by atoms with van der Waals surface area (Å²) in [5, 5.41) is 0.981. The average molecular weight is 233 g/mol. The van der Waals surface area contributed by atoms with Gasteiger partial charge in [-0.05, 0) is 25.1 Å². The van der Waals surface area contributed by atoms with E-state index in [9.17, 15) is 4.79 Å². The van der Waals surface area contributed by atoms with Gasteiger partial charge in [-0.2, -0.15) is 0 Å². The van der Waals surface area contributed by atoms with Crippen molar-refractivity contribution in [1.82, 2.24) is 4.98 Å². The van der Waals surface area contributed by atoms with Crippen LogP contribution in [0, 0.1) is 0 Å². The van der Waals surface area contributed by atoms with E-state index in [2.05, 4.69) is 4.98 Å². The van der Waals surface area contributed by atoms with Crippen molar-refractivity contribution in [3.63, 3.8) is 0 Å². The number of H-pyrrole nitrogens is 1. The van der Waals surface area contributed by atoms with E-state index < -0.39 is 0 Å². The molecule has 1 aromatic heterocycles. The van der Waals surface area contributed by atoms with Crippen LogP contribution < -0.4 is 4.74 Å². The molecule has 1 heterocycles. The third kappa shape index (κ3) is 2.41. The van der Waals surface area contributed by atoms with Crippen molar-refractivity contribution in [3.05, 3.63) is 30.0 Å². The lowest BCUT2D eigenvalue weighted by Gasteiger charge is -1.99.